The molecule has 3 aromatic rings. The molecule has 244 valence electrons. The first-order chi connectivity index (χ1) is 21.5. The van der Waals surface area contributed by atoms with Gasteiger partial charge in [0.25, 0.3) is 11.8 Å². The average Bonchev–Trinajstić information content (AvgIpc) is 3.14. The van der Waals surface area contributed by atoms with Gasteiger partial charge in [-0.25, -0.2) is 14.5 Å². The maximum atomic E-state index is 13.5. The largest absolute Gasteiger partial charge is 0.573 e. The van der Waals surface area contributed by atoms with E-state index in [1.807, 2.05) is 5.32 Å². The summed E-state index contributed by atoms with van der Waals surface area (Å²) in [6.45, 7) is 2.45. The van der Waals surface area contributed by atoms with Gasteiger partial charge in [0, 0.05) is 31.7 Å². The Labute approximate surface area is 256 Å². The molecule has 3 heterocycles. The number of carbonyl (C=O) groups is 4. The molecule has 18 heteroatoms. The van der Waals surface area contributed by atoms with E-state index in [9.17, 15) is 45.5 Å². The molecule has 1 aromatic carbocycles. The van der Waals surface area contributed by atoms with Crippen LogP contribution in [0, 0.1) is 0 Å². The summed E-state index contributed by atoms with van der Waals surface area (Å²) in [6.07, 6.45) is -8.95. The van der Waals surface area contributed by atoms with Crippen molar-refractivity contribution in [1.29, 1.82) is 0 Å². The molecule has 2 aromatic heterocycles. The SMILES string of the molecule is CC1(C)C(=O)N(c2ccc(OC(F)(F)F)c(NC(=O)C(NCc3ccccn3)OC(=O)C(F)(F)F)c2)C(=O)N1Cc1ccncc1. The lowest BCUT2D eigenvalue weighted by Crippen LogP contribution is -2.46. The highest BCUT2D eigenvalue weighted by atomic mass is 19.4. The fourth-order valence-electron chi connectivity index (χ4n) is 4.23. The van der Waals surface area contributed by atoms with Crippen molar-refractivity contribution in [2.45, 2.75) is 51.2 Å². The summed E-state index contributed by atoms with van der Waals surface area (Å²) in [5.41, 5.74) is -1.74. The Bertz CT molecular complexity index is 1600. The molecule has 0 aliphatic carbocycles. The quantitative estimate of drug-likeness (QED) is 0.142. The first-order valence-electron chi connectivity index (χ1n) is 13.1. The van der Waals surface area contributed by atoms with Gasteiger partial charge >= 0.3 is 24.5 Å². The molecule has 1 atom stereocenters. The Hall–Kier alpha value is -5.26. The Morgan fingerprint density at radius 1 is 0.978 bits per heavy atom. The first-order valence-corrected chi connectivity index (χ1v) is 13.1. The highest BCUT2D eigenvalue weighted by Gasteiger charge is 2.52. The van der Waals surface area contributed by atoms with E-state index in [1.165, 1.54) is 55.5 Å². The zero-order chi connectivity index (χ0) is 33.9. The van der Waals surface area contributed by atoms with Crippen LogP contribution < -0.4 is 20.3 Å². The number of halogens is 6. The van der Waals surface area contributed by atoms with Gasteiger partial charge in [-0.05, 0) is 61.9 Å². The second kappa shape index (κ2) is 13.0. The average molecular weight is 655 g/mol. The van der Waals surface area contributed by atoms with Crippen LogP contribution >= 0.6 is 0 Å². The third-order valence-corrected chi connectivity index (χ3v) is 6.51. The molecular formula is C28H24F6N6O6. The maximum absolute atomic E-state index is 13.5. The number of anilines is 2. The summed E-state index contributed by atoms with van der Waals surface area (Å²) >= 11 is 0. The molecule has 0 bridgehead atoms. The van der Waals surface area contributed by atoms with Crippen LogP contribution in [0.15, 0.2) is 67.1 Å². The molecule has 12 nitrogen and oxygen atoms in total. The van der Waals surface area contributed by atoms with E-state index in [4.69, 9.17) is 0 Å². The number of aromatic nitrogens is 2. The minimum absolute atomic E-state index is 0.0380. The number of pyridine rings is 2. The predicted molar refractivity (Wildman–Crippen MR) is 146 cm³/mol. The number of benzene rings is 1. The van der Waals surface area contributed by atoms with Crippen LogP contribution in [0.4, 0.5) is 42.5 Å². The number of esters is 1. The number of nitrogens with one attached hydrogen (secondary N) is 2. The molecule has 46 heavy (non-hydrogen) atoms. The van der Waals surface area contributed by atoms with E-state index >= 15 is 0 Å². The molecule has 1 aliphatic rings. The van der Waals surface area contributed by atoms with Crippen molar-refractivity contribution in [2.24, 2.45) is 0 Å². The Morgan fingerprint density at radius 2 is 1.67 bits per heavy atom. The monoisotopic (exact) mass is 654 g/mol. The summed E-state index contributed by atoms with van der Waals surface area (Å²) in [6, 6.07) is 9.25. The molecule has 4 amide bonds. The number of nitrogens with zero attached hydrogens (tertiary/aromatic N) is 4. The van der Waals surface area contributed by atoms with Crippen LogP contribution in [0.5, 0.6) is 5.75 Å². The van der Waals surface area contributed by atoms with Crippen LogP contribution in [0.25, 0.3) is 0 Å². The van der Waals surface area contributed by atoms with Crippen LogP contribution in [0.3, 0.4) is 0 Å². The molecule has 0 saturated carbocycles. The number of imide groups is 1. The zero-order valence-corrected chi connectivity index (χ0v) is 23.8. The van der Waals surface area contributed by atoms with Crippen LogP contribution in [0.1, 0.15) is 25.1 Å². The fraction of sp³-hybridized carbons (Fsp3) is 0.286. The van der Waals surface area contributed by atoms with Gasteiger partial charge in [0.1, 0.15) is 5.54 Å². The second-order valence-electron chi connectivity index (χ2n) is 10.1. The second-order valence-corrected chi connectivity index (χ2v) is 10.1. The Morgan fingerprint density at radius 3 is 2.28 bits per heavy atom. The zero-order valence-electron chi connectivity index (χ0n) is 23.8. The van der Waals surface area contributed by atoms with Crippen molar-refractivity contribution in [2.75, 3.05) is 10.2 Å². The molecule has 0 spiro atoms. The highest BCUT2D eigenvalue weighted by Crippen LogP contribution is 2.38. The molecule has 0 radical (unpaired) electrons. The molecular weight excluding hydrogens is 630 g/mol. The summed E-state index contributed by atoms with van der Waals surface area (Å²) in [5.74, 6) is -6.16. The van der Waals surface area contributed by atoms with E-state index in [0.29, 0.717) is 16.5 Å². The van der Waals surface area contributed by atoms with Gasteiger partial charge in [-0.3, -0.25) is 24.9 Å². The molecule has 4 rings (SSSR count). The number of ether oxygens (including phenoxy) is 2. The van der Waals surface area contributed by atoms with E-state index in [0.717, 1.165) is 12.1 Å². The van der Waals surface area contributed by atoms with E-state index in [1.54, 1.807) is 12.1 Å². The minimum atomic E-state index is -5.53. The van der Waals surface area contributed by atoms with Crippen LogP contribution in [0.2, 0.25) is 0 Å². The summed E-state index contributed by atoms with van der Waals surface area (Å²) in [4.78, 5) is 61.2. The standard InChI is InChI=1S/C28H24F6N6O6/c1-26(2)23(42)40(25(44)39(26)15-16-8-11-35-12-9-16)18-6-7-20(46-28(32,33)34)19(13-18)38-21(41)22(45-24(43)27(29,30)31)37-14-17-5-3-4-10-36-17/h3-13,22,37H,14-15H2,1-2H3,(H,38,41). The van der Waals surface area contributed by atoms with Gasteiger partial charge < -0.3 is 19.7 Å². The maximum Gasteiger partial charge on any atom is 0.573 e. The van der Waals surface area contributed by atoms with Crippen molar-refractivity contribution < 1.29 is 55.0 Å². The van der Waals surface area contributed by atoms with Gasteiger partial charge in [-0.15, -0.1) is 13.2 Å². The number of hydrogen-bond acceptors (Lipinski definition) is 9. The molecule has 1 saturated heterocycles. The Kier molecular flexibility index (Phi) is 9.50. The third kappa shape index (κ3) is 7.87. The van der Waals surface area contributed by atoms with Gasteiger partial charge in [0.15, 0.2) is 5.75 Å². The summed E-state index contributed by atoms with van der Waals surface area (Å²) in [5, 5.41) is 4.17. The van der Waals surface area contributed by atoms with Gasteiger partial charge in [0.2, 0.25) is 6.23 Å². The topological polar surface area (TPSA) is 143 Å². The van der Waals surface area contributed by atoms with Crippen molar-refractivity contribution in [3.8, 4) is 5.75 Å². The van der Waals surface area contributed by atoms with E-state index in [-0.39, 0.29) is 17.9 Å². The van der Waals surface area contributed by atoms with Crippen LogP contribution in [-0.4, -0.2) is 63.0 Å². The van der Waals surface area contributed by atoms with Crippen molar-refractivity contribution >= 4 is 35.2 Å². The first kappa shape index (κ1) is 33.6. The highest BCUT2D eigenvalue weighted by molar-refractivity contribution is 6.23. The van der Waals surface area contributed by atoms with Gasteiger partial charge in [-0.1, -0.05) is 6.07 Å². The van der Waals surface area contributed by atoms with Gasteiger partial charge in [-0.2, -0.15) is 13.2 Å². The van der Waals surface area contributed by atoms with E-state index in [2.05, 4.69) is 24.8 Å². The van der Waals surface area contributed by atoms with Crippen molar-refractivity contribution in [3.05, 3.63) is 78.4 Å². The normalized spacial score (nSPS) is 15.5. The van der Waals surface area contributed by atoms with Crippen molar-refractivity contribution in [1.82, 2.24) is 20.2 Å². The number of alkyl halides is 6. The van der Waals surface area contributed by atoms with E-state index < -0.39 is 66.1 Å². The number of carbonyl (C=O) groups excluding carboxylic acids is 4. The minimum Gasteiger partial charge on any atom is -0.430 e. The fourth-order valence-corrected chi connectivity index (χ4v) is 4.23. The molecule has 1 fully saturated rings. The molecule has 2 N–H and O–H groups in total. The smallest absolute Gasteiger partial charge is 0.430 e. The number of rotatable bonds is 10. The van der Waals surface area contributed by atoms with Crippen molar-refractivity contribution in [3.63, 3.8) is 0 Å². The summed E-state index contributed by atoms with van der Waals surface area (Å²) < 4.78 is 86.9. The predicted octanol–water partition coefficient (Wildman–Crippen LogP) is 4.28. The molecule has 1 unspecified atom stereocenters. The number of urea groups is 1. The lowest BCUT2D eigenvalue weighted by Gasteiger charge is -2.27. The van der Waals surface area contributed by atoms with Crippen LogP contribution in [-0.2, 0) is 32.2 Å². The number of amides is 4. The lowest BCUT2D eigenvalue weighted by molar-refractivity contribution is -0.274. The third-order valence-electron chi connectivity index (χ3n) is 6.51. The molecule has 1 aliphatic heterocycles. The summed E-state index contributed by atoms with van der Waals surface area (Å²) in [7, 11) is 0. The Balaban J connectivity index is 1.67. The number of hydrogen-bond donors (Lipinski definition) is 2. The lowest BCUT2D eigenvalue weighted by atomic mass is 10.0. The van der Waals surface area contributed by atoms with Gasteiger partial charge in [0.05, 0.1) is 17.1 Å².